The molecule has 2 heterocycles. The van der Waals surface area contributed by atoms with Gasteiger partial charge in [0.25, 0.3) is 0 Å². The van der Waals surface area contributed by atoms with Crippen LogP contribution in [0, 0.1) is 0 Å². The summed E-state index contributed by atoms with van der Waals surface area (Å²) < 4.78 is 5.00. The topological polar surface area (TPSA) is 8.17 Å². The second-order valence-corrected chi connectivity index (χ2v) is 15.8. The van der Waals surface area contributed by atoms with Gasteiger partial charge in [0.05, 0.1) is 27.1 Å². The predicted octanol–water partition coefficient (Wildman–Crippen LogP) is 15.7. The van der Waals surface area contributed by atoms with Gasteiger partial charge in [-0.1, -0.05) is 152 Å². The van der Waals surface area contributed by atoms with Gasteiger partial charge in [-0.2, -0.15) is 0 Å². The molecule has 1 aliphatic rings. The van der Waals surface area contributed by atoms with Crippen LogP contribution in [0.15, 0.2) is 206 Å². The summed E-state index contributed by atoms with van der Waals surface area (Å²) >= 11 is 1.87. The van der Waals surface area contributed by atoms with Crippen molar-refractivity contribution in [3.63, 3.8) is 0 Å². The maximum atomic E-state index is 2.46. The molecule has 0 saturated heterocycles. The van der Waals surface area contributed by atoms with Gasteiger partial charge >= 0.3 is 0 Å². The van der Waals surface area contributed by atoms with Crippen molar-refractivity contribution < 1.29 is 0 Å². The molecule has 2 nitrogen and oxygen atoms in total. The van der Waals surface area contributed by atoms with Gasteiger partial charge < -0.3 is 9.47 Å². The molecule has 0 radical (unpaired) electrons. The molecule has 0 bridgehead atoms. The summed E-state index contributed by atoms with van der Waals surface area (Å²) in [5.41, 5.74) is 14.4. The van der Waals surface area contributed by atoms with Crippen LogP contribution in [0.5, 0.6) is 0 Å². The van der Waals surface area contributed by atoms with E-state index in [1.165, 1.54) is 86.7 Å². The third-order valence-electron chi connectivity index (χ3n) is 11.4. The maximum Gasteiger partial charge on any atom is 0.0640 e. The largest absolute Gasteiger partial charge is 0.309 e. The molecule has 2 aromatic heterocycles. The summed E-state index contributed by atoms with van der Waals surface area (Å²) in [4.78, 5) is 2.46. The Kier molecular flexibility index (Phi) is 8.19. The quantitative estimate of drug-likeness (QED) is 0.158. The van der Waals surface area contributed by atoms with Crippen LogP contribution < -0.4 is 4.90 Å². The van der Waals surface area contributed by atoms with Crippen LogP contribution in [0.3, 0.4) is 0 Å². The molecule has 3 heteroatoms. The number of thiophene rings is 1. The maximum absolute atomic E-state index is 2.46. The third kappa shape index (κ3) is 5.70. The standard InChI is InChI=1S/C54H38N2S/c1-3-16-37(17-4-1)42-35-34-41(36-48(42)38-18-5-2-6-19-38)55(52-28-15-24-47-46-23-10-14-29-53(46)57-54(47)52)40-32-30-39(31-33-40)43-20-7-11-25-49(43)56-50-26-12-8-21-44(50)45-22-9-13-27-51(45)56/h2-3,5-36H,1,4H2. The molecule has 0 spiro atoms. The zero-order valence-corrected chi connectivity index (χ0v) is 32.2. The second-order valence-electron chi connectivity index (χ2n) is 14.8. The Morgan fingerprint density at radius 2 is 1.11 bits per heavy atom. The Bertz CT molecular complexity index is 3130. The molecule has 0 aliphatic heterocycles. The number of hydrogen-bond acceptors (Lipinski definition) is 2. The highest BCUT2D eigenvalue weighted by atomic mass is 32.1. The fourth-order valence-corrected chi connectivity index (χ4v) is 10.0. The molecule has 0 fully saturated rings. The van der Waals surface area contributed by atoms with Crippen LogP contribution in [0.1, 0.15) is 18.4 Å². The first-order chi connectivity index (χ1) is 28.3. The molecule has 8 aromatic carbocycles. The first kappa shape index (κ1) is 33.4. The summed E-state index contributed by atoms with van der Waals surface area (Å²) in [7, 11) is 0. The lowest BCUT2D eigenvalue weighted by molar-refractivity contribution is 1.04. The summed E-state index contributed by atoms with van der Waals surface area (Å²) in [6.07, 6.45) is 9.12. The van der Waals surface area contributed by atoms with E-state index in [-0.39, 0.29) is 0 Å². The Balaban J connectivity index is 1.10. The molecule has 1 aliphatic carbocycles. The van der Waals surface area contributed by atoms with E-state index in [2.05, 4.69) is 216 Å². The second kappa shape index (κ2) is 14.0. The molecule has 0 amide bonds. The van der Waals surface area contributed by atoms with Gasteiger partial charge in [-0.05, 0) is 95.3 Å². The fourth-order valence-electron chi connectivity index (χ4n) is 8.81. The summed E-state index contributed by atoms with van der Waals surface area (Å²) in [5.74, 6) is 0. The number of hydrogen-bond donors (Lipinski definition) is 0. The van der Waals surface area contributed by atoms with Gasteiger partial charge in [0.15, 0.2) is 0 Å². The van der Waals surface area contributed by atoms with Gasteiger partial charge in [-0.25, -0.2) is 0 Å². The number of anilines is 3. The van der Waals surface area contributed by atoms with Crippen molar-refractivity contribution in [3.05, 3.63) is 212 Å². The zero-order valence-electron chi connectivity index (χ0n) is 31.3. The average Bonchev–Trinajstić information content (AvgIpc) is 3.84. The van der Waals surface area contributed by atoms with Gasteiger partial charge in [0.2, 0.25) is 0 Å². The van der Waals surface area contributed by atoms with E-state index >= 15 is 0 Å². The highest BCUT2D eigenvalue weighted by molar-refractivity contribution is 7.26. The smallest absolute Gasteiger partial charge is 0.0640 e. The van der Waals surface area contributed by atoms with E-state index in [9.17, 15) is 0 Å². The van der Waals surface area contributed by atoms with Gasteiger partial charge in [0.1, 0.15) is 0 Å². The minimum absolute atomic E-state index is 1.06. The number of aromatic nitrogens is 1. The number of para-hydroxylation sites is 3. The third-order valence-corrected chi connectivity index (χ3v) is 12.6. The van der Waals surface area contributed by atoms with E-state index in [1.54, 1.807) is 0 Å². The minimum Gasteiger partial charge on any atom is -0.309 e. The van der Waals surface area contributed by atoms with Crippen molar-refractivity contribution in [3.8, 4) is 27.9 Å². The number of fused-ring (bicyclic) bond motifs is 6. The Morgan fingerprint density at radius 1 is 0.456 bits per heavy atom. The van der Waals surface area contributed by atoms with E-state index in [1.807, 2.05) is 11.3 Å². The molecular weight excluding hydrogens is 709 g/mol. The van der Waals surface area contributed by atoms with Crippen LogP contribution in [0.4, 0.5) is 17.1 Å². The van der Waals surface area contributed by atoms with Crippen LogP contribution >= 0.6 is 11.3 Å². The van der Waals surface area contributed by atoms with Gasteiger partial charge in [-0.3, -0.25) is 0 Å². The summed E-state index contributed by atoms with van der Waals surface area (Å²) in [5, 5.41) is 5.11. The monoisotopic (exact) mass is 746 g/mol. The van der Waals surface area contributed by atoms with Gasteiger partial charge in [0, 0.05) is 43.2 Å². The zero-order chi connectivity index (χ0) is 37.7. The minimum atomic E-state index is 1.06. The molecule has 11 rings (SSSR count). The highest BCUT2D eigenvalue weighted by Crippen LogP contribution is 2.47. The molecule has 10 aromatic rings. The van der Waals surface area contributed by atoms with Crippen LogP contribution in [0.2, 0.25) is 0 Å². The molecule has 270 valence electrons. The van der Waals surface area contributed by atoms with Gasteiger partial charge in [-0.15, -0.1) is 11.3 Å². The number of benzene rings is 8. The molecule has 0 N–H and O–H groups in total. The summed E-state index contributed by atoms with van der Waals surface area (Å²) in [6.45, 7) is 0. The molecule has 0 atom stereocenters. The number of rotatable bonds is 7. The Labute approximate surface area is 336 Å². The lowest BCUT2D eigenvalue weighted by Gasteiger charge is -2.28. The number of nitrogens with zero attached hydrogens (tertiary/aromatic N) is 2. The van der Waals surface area contributed by atoms with Crippen LogP contribution in [0.25, 0.3) is 75.5 Å². The van der Waals surface area contributed by atoms with E-state index in [0.29, 0.717) is 0 Å². The first-order valence-electron chi connectivity index (χ1n) is 19.8. The van der Waals surface area contributed by atoms with Crippen LogP contribution in [-0.2, 0) is 0 Å². The predicted molar refractivity (Wildman–Crippen MR) is 246 cm³/mol. The van der Waals surface area contributed by atoms with Crippen molar-refractivity contribution in [1.82, 2.24) is 4.57 Å². The molecule has 57 heavy (non-hydrogen) atoms. The molecule has 0 saturated carbocycles. The fraction of sp³-hybridized carbons (Fsp3) is 0.0370. The van der Waals surface area contributed by atoms with E-state index < -0.39 is 0 Å². The van der Waals surface area contributed by atoms with Crippen molar-refractivity contribution in [1.29, 1.82) is 0 Å². The highest BCUT2D eigenvalue weighted by Gasteiger charge is 2.21. The lowest BCUT2D eigenvalue weighted by Crippen LogP contribution is -2.10. The van der Waals surface area contributed by atoms with Crippen molar-refractivity contribution in [2.45, 2.75) is 12.8 Å². The number of allylic oxidation sites excluding steroid dienone is 4. The van der Waals surface area contributed by atoms with Crippen molar-refractivity contribution >= 4 is 76.0 Å². The van der Waals surface area contributed by atoms with E-state index in [0.717, 1.165) is 24.2 Å². The van der Waals surface area contributed by atoms with Crippen molar-refractivity contribution in [2.75, 3.05) is 4.90 Å². The lowest BCUT2D eigenvalue weighted by atomic mass is 9.91. The van der Waals surface area contributed by atoms with Crippen molar-refractivity contribution in [2.24, 2.45) is 0 Å². The Hall–Kier alpha value is -6.94. The Morgan fingerprint density at radius 3 is 1.88 bits per heavy atom. The summed E-state index contributed by atoms with van der Waals surface area (Å²) in [6, 6.07) is 68.9. The van der Waals surface area contributed by atoms with Crippen LogP contribution in [-0.4, -0.2) is 4.57 Å². The average molecular weight is 747 g/mol. The normalized spacial score (nSPS) is 12.8. The molecule has 0 unspecified atom stereocenters. The SMILES string of the molecule is C1=CC(c2ccc(N(c3ccc(-c4ccccc4-n4c5ccccc5c5ccccc54)cc3)c3cccc4c3sc3ccccc34)cc2-c2ccccc2)=CCC1. The van der Waals surface area contributed by atoms with E-state index in [4.69, 9.17) is 0 Å². The molecular formula is C54H38N2S. The first-order valence-corrected chi connectivity index (χ1v) is 20.6.